The molecule has 18 heavy (non-hydrogen) atoms. The zero-order valence-corrected chi connectivity index (χ0v) is 13.1. The van der Waals surface area contributed by atoms with Gasteiger partial charge in [0.1, 0.15) is 0 Å². The summed E-state index contributed by atoms with van der Waals surface area (Å²) in [6.07, 6.45) is 0. The number of sulfonamides is 1. The van der Waals surface area contributed by atoms with E-state index >= 15 is 0 Å². The first-order valence-corrected chi connectivity index (χ1v) is 8.38. The van der Waals surface area contributed by atoms with Crippen molar-refractivity contribution in [1.29, 1.82) is 0 Å². The number of rotatable bonds is 6. The van der Waals surface area contributed by atoms with Crippen molar-refractivity contribution >= 4 is 21.4 Å². The minimum atomic E-state index is -3.38. The van der Waals surface area contributed by atoms with Crippen molar-refractivity contribution in [3.63, 3.8) is 0 Å². The Morgan fingerprint density at radius 3 is 2.44 bits per heavy atom. The predicted octanol–water partition coefficient (Wildman–Crippen LogP) is 2.18. The molecule has 0 bridgehead atoms. The van der Waals surface area contributed by atoms with Crippen molar-refractivity contribution in [1.82, 2.24) is 4.31 Å². The van der Waals surface area contributed by atoms with Gasteiger partial charge in [0.15, 0.2) is 0 Å². The molecule has 1 heterocycles. The van der Waals surface area contributed by atoms with Gasteiger partial charge in [-0.25, -0.2) is 8.42 Å². The molecule has 1 aromatic rings. The molecule has 0 aliphatic rings. The third-order valence-electron chi connectivity index (χ3n) is 2.66. The van der Waals surface area contributed by atoms with Gasteiger partial charge in [0, 0.05) is 29.4 Å². The summed E-state index contributed by atoms with van der Waals surface area (Å²) in [6, 6.07) is 1.71. The zero-order valence-electron chi connectivity index (χ0n) is 11.4. The Morgan fingerprint density at radius 2 is 2.06 bits per heavy atom. The van der Waals surface area contributed by atoms with E-state index in [4.69, 9.17) is 5.73 Å². The lowest BCUT2D eigenvalue weighted by Gasteiger charge is -2.22. The number of aryl methyl sites for hydroxylation is 1. The first kappa shape index (κ1) is 15.6. The van der Waals surface area contributed by atoms with E-state index in [1.165, 1.54) is 15.6 Å². The Balaban J connectivity index is 3.14. The molecule has 0 unspecified atom stereocenters. The molecule has 0 saturated heterocycles. The SMILES string of the molecule is CCN(CC(C)C)S(=O)(=O)c1cc(CN)sc1C. The van der Waals surface area contributed by atoms with Gasteiger partial charge in [0.05, 0.1) is 4.90 Å². The fourth-order valence-electron chi connectivity index (χ4n) is 1.82. The van der Waals surface area contributed by atoms with Crippen molar-refractivity contribution in [2.45, 2.75) is 39.1 Å². The van der Waals surface area contributed by atoms with E-state index in [-0.39, 0.29) is 0 Å². The summed E-state index contributed by atoms with van der Waals surface area (Å²) in [5.74, 6) is 0.313. The monoisotopic (exact) mass is 290 g/mol. The largest absolute Gasteiger partial charge is 0.326 e. The van der Waals surface area contributed by atoms with Crippen LogP contribution in [-0.4, -0.2) is 25.8 Å². The van der Waals surface area contributed by atoms with Crippen LogP contribution in [0.1, 0.15) is 30.5 Å². The molecular formula is C12H22N2O2S2. The highest BCUT2D eigenvalue weighted by atomic mass is 32.2. The molecule has 0 spiro atoms. The lowest BCUT2D eigenvalue weighted by atomic mass is 10.2. The van der Waals surface area contributed by atoms with Gasteiger partial charge in [0.2, 0.25) is 10.0 Å². The van der Waals surface area contributed by atoms with Crippen molar-refractivity contribution in [3.8, 4) is 0 Å². The van der Waals surface area contributed by atoms with E-state index in [9.17, 15) is 8.42 Å². The molecule has 0 amide bonds. The Hall–Kier alpha value is -0.430. The summed E-state index contributed by atoms with van der Waals surface area (Å²) < 4.78 is 26.6. The summed E-state index contributed by atoms with van der Waals surface area (Å²) in [4.78, 5) is 2.14. The van der Waals surface area contributed by atoms with Crippen LogP contribution in [-0.2, 0) is 16.6 Å². The quantitative estimate of drug-likeness (QED) is 0.873. The zero-order chi connectivity index (χ0) is 13.9. The second kappa shape index (κ2) is 6.14. The van der Waals surface area contributed by atoms with Gasteiger partial charge in [0.25, 0.3) is 0 Å². The van der Waals surface area contributed by atoms with E-state index in [1.807, 2.05) is 27.7 Å². The highest BCUT2D eigenvalue weighted by Crippen LogP contribution is 2.28. The molecule has 1 aromatic heterocycles. The minimum absolute atomic E-state index is 0.313. The lowest BCUT2D eigenvalue weighted by molar-refractivity contribution is 0.381. The normalized spacial score (nSPS) is 12.6. The summed E-state index contributed by atoms with van der Waals surface area (Å²) in [7, 11) is -3.38. The van der Waals surface area contributed by atoms with E-state index in [0.29, 0.717) is 30.4 Å². The van der Waals surface area contributed by atoms with Crippen molar-refractivity contribution in [2.24, 2.45) is 11.7 Å². The van der Waals surface area contributed by atoms with Crippen molar-refractivity contribution in [2.75, 3.05) is 13.1 Å². The Kier molecular flexibility index (Phi) is 5.33. The Bertz CT molecular complexity index is 492. The number of hydrogen-bond acceptors (Lipinski definition) is 4. The summed E-state index contributed by atoms with van der Waals surface area (Å²) >= 11 is 1.46. The van der Waals surface area contributed by atoms with Gasteiger partial charge in [-0.1, -0.05) is 20.8 Å². The Labute approximate surface area is 114 Å². The second-order valence-electron chi connectivity index (χ2n) is 4.69. The molecule has 0 saturated carbocycles. The molecule has 0 aromatic carbocycles. The molecule has 0 aliphatic heterocycles. The van der Waals surface area contributed by atoms with Gasteiger partial charge in [-0.2, -0.15) is 4.31 Å². The third-order valence-corrected chi connectivity index (χ3v) is 5.93. The molecular weight excluding hydrogens is 268 g/mol. The number of hydrogen-bond donors (Lipinski definition) is 1. The molecule has 0 fully saturated rings. The molecule has 0 radical (unpaired) electrons. The number of thiophene rings is 1. The molecule has 6 heteroatoms. The smallest absolute Gasteiger partial charge is 0.244 e. The maximum Gasteiger partial charge on any atom is 0.244 e. The summed E-state index contributed by atoms with van der Waals surface area (Å²) in [5.41, 5.74) is 5.57. The first-order chi connectivity index (χ1) is 8.32. The Morgan fingerprint density at radius 1 is 1.44 bits per heavy atom. The second-order valence-corrected chi connectivity index (χ2v) is 7.93. The van der Waals surface area contributed by atoms with Crippen LogP contribution in [0.25, 0.3) is 0 Å². The highest BCUT2D eigenvalue weighted by molar-refractivity contribution is 7.89. The van der Waals surface area contributed by atoms with Crippen LogP contribution in [0, 0.1) is 12.8 Å². The summed E-state index contributed by atoms with van der Waals surface area (Å²) in [6.45, 7) is 9.16. The van der Waals surface area contributed by atoms with Crippen molar-refractivity contribution < 1.29 is 8.42 Å². The standard InChI is InChI=1S/C12H22N2O2S2/c1-5-14(8-9(2)3)18(15,16)12-6-11(7-13)17-10(12)4/h6,9H,5,7-8,13H2,1-4H3. The fourth-order valence-corrected chi connectivity index (χ4v) is 4.92. The predicted molar refractivity (Wildman–Crippen MR) is 76.2 cm³/mol. The number of nitrogens with two attached hydrogens (primary N) is 1. The average Bonchev–Trinajstić information content (AvgIpc) is 2.67. The van der Waals surface area contributed by atoms with E-state index in [0.717, 1.165) is 9.75 Å². The minimum Gasteiger partial charge on any atom is -0.326 e. The number of nitrogens with zero attached hydrogens (tertiary/aromatic N) is 1. The summed E-state index contributed by atoms with van der Waals surface area (Å²) in [5, 5.41) is 0. The van der Waals surface area contributed by atoms with Gasteiger partial charge in [-0.3, -0.25) is 0 Å². The lowest BCUT2D eigenvalue weighted by Crippen LogP contribution is -2.34. The van der Waals surface area contributed by atoms with Gasteiger partial charge < -0.3 is 5.73 Å². The van der Waals surface area contributed by atoms with E-state index in [1.54, 1.807) is 6.07 Å². The maximum absolute atomic E-state index is 12.5. The van der Waals surface area contributed by atoms with Crippen LogP contribution >= 0.6 is 11.3 Å². The highest BCUT2D eigenvalue weighted by Gasteiger charge is 2.26. The average molecular weight is 290 g/mol. The van der Waals surface area contributed by atoms with Crippen LogP contribution < -0.4 is 5.73 Å². The molecule has 104 valence electrons. The molecule has 2 N–H and O–H groups in total. The van der Waals surface area contributed by atoms with Gasteiger partial charge in [-0.05, 0) is 18.9 Å². The van der Waals surface area contributed by atoms with Crippen molar-refractivity contribution in [3.05, 3.63) is 15.8 Å². The van der Waals surface area contributed by atoms with Gasteiger partial charge in [-0.15, -0.1) is 11.3 Å². The van der Waals surface area contributed by atoms with Crippen LogP contribution in [0.3, 0.4) is 0 Å². The molecule has 0 aliphatic carbocycles. The molecule has 0 atom stereocenters. The van der Waals surface area contributed by atoms with Crippen LogP contribution in [0.15, 0.2) is 11.0 Å². The fraction of sp³-hybridized carbons (Fsp3) is 0.667. The van der Waals surface area contributed by atoms with E-state index in [2.05, 4.69) is 0 Å². The molecule has 4 nitrogen and oxygen atoms in total. The van der Waals surface area contributed by atoms with Gasteiger partial charge >= 0.3 is 0 Å². The topological polar surface area (TPSA) is 63.4 Å². The third kappa shape index (κ3) is 3.32. The molecule has 1 rings (SSSR count). The van der Waals surface area contributed by atoms with Crippen LogP contribution in [0.5, 0.6) is 0 Å². The first-order valence-electron chi connectivity index (χ1n) is 6.12. The van der Waals surface area contributed by atoms with Crippen LogP contribution in [0.4, 0.5) is 0 Å². The maximum atomic E-state index is 12.5. The van der Waals surface area contributed by atoms with Crippen LogP contribution in [0.2, 0.25) is 0 Å². The van der Waals surface area contributed by atoms with E-state index < -0.39 is 10.0 Å².